The molecule has 0 radical (unpaired) electrons. The second-order valence-electron chi connectivity index (χ2n) is 6.05. The van der Waals surface area contributed by atoms with Crippen LogP contribution in [0, 0.1) is 13.8 Å². The Morgan fingerprint density at radius 2 is 1.84 bits per heavy atom. The SMILES string of the molecule is C/C=C/COc1cc(C)c(OCCCCN(C)C/C=N/OC)c(C)c1. The van der Waals surface area contributed by atoms with Gasteiger partial charge in [0, 0.05) is 6.54 Å². The maximum atomic E-state index is 5.99. The molecule has 0 bridgehead atoms. The number of ether oxygens (including phenoxy) is 2. The minimum atomic E-state index is 0.595. The summed E-state index contributed by atoms with van der Waals surface area (Å²) in [5, 5.41) is 3.74. The fourth-order valence-electron chi connectivity index (χ4n) is 2.46. The van der Waals surface area contributed by atoms with Crippen molar-refractivity contribution in [2.45, 2.75) is 33.6 Å². The fraction of sp³-hybridized carbons (Fsp3) is 0.550. The normalized spacial score (nSPS) is 11.6. The molecule has 0 amide bonds. The molecule has 0 heterocycles. The van der Waals surface area contributed by atoms with Gasteiger partial charge in [0.2, 0.25) is 0 Å². The molecule has 0 aliphatic carbocycles. The van der Waals surface area contributed by atoms with Gasteiger partial charge in [-0.1, -0.05) is 17.3 Å². The van der Waals surface area contributed by atoms with Crippen LogP contribution in [-0.4, -0.2) is 51.6 Å². The van der Waals surface area contributed by atoms with Crippen LogP contribution in [0.3, 0.4) is 0 Å². The Hall–Kier alpha value is -2.01. The van der Waals surface area contributed by atoms with E-state index < -0.39 is 0 Å². The predicted octanol–water partition coefficient (Wildman–Crippen LogP) is 3.98. The number of unbranched alkanes of at least 4 members (excludes halogenated alkanes) is 1. The van der Waals surface area contributed by atoms with Crippen LogP contribution in [0.1, 0.15) is 30.9 Å². The van der Waals surface area contributed by atoms with Gasteiger partial charge in [-0.15, -0.1) is 0 Å². The van der Waals surface area contributed by atoms with Crippen molar-refractivity contribution >= 4 is 6.21 Å². The van der Waals surface area contributed by atoms with Gasteiger partial charge < -0.3 is 19.2 Å². The van der Waals surface area contributed by atoms with Gasteiger partial charge >= 0.3 is 0 Å². The van der Waals surface area contributed by atoms with Gasteiger partial charge in [0.1, 0.15) is 25.2 Å². The molecular weight excluding hydrogens is 316 g/mol. The lowest BCUT2D eigenvalue weighted by Gasteiger charge is -2.16. The average Bonchev–Trinajstić information content (AvgIpc) is 2.57. The molecule has 140 valence electrons. The van der Waals surface area contributed by atoms with E-state index in [0.717, 1.165) is 55.2 Å². The van der Waals surface area contributed by atoms with Gasteiger partial charge in [0.05, 0.1) is 12.8 Å². The number of hydrogen-bond donors (Lipinski definition) is 0. The summed E-state index contributed by atoms with van der Waals surface area (Å²) < 4.78 is 11.7. The molecular formula is C20H32N2O3. The van der Waals surface area contributed by atoms with E-state index in [2.05, 4.69) is 35.8 Å². The third-order valence-corrected chi connectivity index (χ3v) is 3.77. The van der Waals surface area contributed by atoms with E-state index in [1.165, 1.54) is 0 Å². The van der Waals surface area contributed by atoms with E-state index in [9.17, 15) is 0 Å². The Balaban J connectivity index is 2.36. The first-order valence-corrected chi connectivity index (χ1v) is 8.80. The first-order chi connectivity index (χ1) is 12.1. The highest BCUT2D eigenvalue weighted by Crippen LogP contribution is 2.28. The van der Waals surface area contributed by atoms with E-state index in [1.54, 1.807) is 13.3 Å². The second kappa shape index (κ2) is 12.4. The highest BCUT2D eigenvalue weighted by molar-refractivity contribution is 5.58. The monoisotopic (exact) mass is 348 g/mol. The number of hydrogen-bond acceptors (Lipinski definition) is 5. The maximum absolute atomic E-state index is 5.99. The lowest BCUT2D eigenvalue weighted by atomic mass is 10.1. The molecule has 1 aromatic rings. The Morgan fingerprint density at radius 3 is 2.48 bits per heavy atom. The minimum absolute atomic E-state index is 0.595. The number of oxime groups is 1. The number of benzene rings is 1. The van der Waals surface area contributed by atoms with Gasteiger partial charge in [-0.2, -0.15) is 0 Å². The molecule has 0 saturated carbocycles. The third-order valence-electron chi connectivity index (χ3n) is 3.77. The molecule has 0 aliphatic rings. The zero-order chi connectivity index (χ0) is 18.5. The smallest absolute Gasteiger partial charge is 0.125 e. The van der Waals surface area contributed by atoms with Crippen LogP contribution < -0.4 is 9.47 Å². The highest BCUT2D eigenvalue weighted by Gasteiger charge is 2.07. The van der Waals surface area contributed by atoms with Crippen LogP contribution in [0.4, 0.5) is 0 Å². The van der Waals surface area contributed by atoms with Crippen LogP contribution in [-0.2, 0) is 4.84 Å². The predicted molar refractivity (Wildman–Crippen MR) is 104 cm³/mol. The Kier molecular flexibility index (Phi) is 10.4. The lowest BCUT2D eigenvalue weighted by molar-refractivity contribution is 0.213. The summed E-state index contributed by atoms with van der Waals surface area (Å²) in [6, 6.07) is 4.07. The topological polar surface area (TPSA) is 43.3 Å². The largest absolute Gasteiger partial charge is 0.493 e. The summed E-state index contributed by atoms with van der Waals surface area (Å²) in [6.07, 6.45) is 7.85. The van der Waals surface area contributed by atoms with E-state index in [-0.39, 0.29) is 0 Å². The Labute approximate surface area is 152 Å². The number of rotatable bonds is 12. The zero-order valence-corrected chi connectivity index (χ0v) is 16.2. The minimum Gasteiger partial charge on any atom is -0.493 e. The van der Waals surface area contributed by atoms with Crippen LogP contribution in [0.5, 0.6) is 11.5 Å². The molecule has 0 aliphatic heterocycles. The summed E-state index contributed by atoms with van der Waals surface area (Å²) >= 11 is 0. The molecule has 0 saturated heterocycles. The van der Waals surface area contributed by atoms with E-state index in [4.69, 9.17) is 9.47 Å². The van der Waals surface area contributed by atoms with Gasteiger partial charge in [-0.25, -0.2) is 0 Å². The first-order valence-electron chi connectivity index (χ1n) is 8.80. The number of allylic oxidation sites excluding steroid dienone is 1. The van der Waals surface area contributed by atoms with Gasteiger partial charge in [0.25, 0.3) is 0 Å². The van der Waals surface area contributed by atoms with Gasteiger partial charge in [0.15, 0.2) is 0 Å². The quantitative estimate of drug-likeness (QED) is 0.248. The molecule has 25 heavy (non-hydrogen) atoms. The Morgan fingerprint density at radius 1 is 1.12 bits per heavy atom. The third kappa shape index (κ3) is 8.59. The highest BCUT2D eigenvalue weighted by atomic mass is 16.6. The maximum Gasteiger partial charge on any atom is 0.125 e. The number of nitrogens with zero attached hydrogens (tertiary/aromatic N) is 2. The van der Waals surface area contributed by atoms with Crippen LogP contribution in [0.2, 0.25) is 0 Å². The van der Waals surface area contributed by atoms with Crippen molar-refractivity contribution in [3.8, 4) is 11.5 Å². The van der Waals surface area contributed by atoms with E-state index in [1.807, 2.05) is 31.2 Å². The molecule has 0 atom stereocenters. The van der Waals surface area contributed by atoms with Crippen molar-refractivity contribution in [1.29, 1.82) is 0 Å². The van der Waals surface area contributed by atoms with Crippen molar-refractivity contribution in [3.05, 3.63) is 35.4 Å². The summed E-state index contributed by atoms with van der Waals surface area (Å²) in [6.45, 7) is 9.23. The standard InChI is InChI=1S/C20H32N2O3/c1-6-7-13-24-19-15-17(2)20(18(3)16-19)25-14-9-8-11-22(4)12-10-21-23-5/h6-7,10,15-16H,8-9,11-14H2,1-5H3/b7-6+,21-10+. The average molecular weight is 348 g/mol. The molecule has 0 unspecified atom stereocenters. The van der Waals surface area contributed by atoms with Crippen molar-refractivity contribution in [1.82, 2.24) is 4.90 Å². The molecule has 0 fully saturated rings. The fourth-order valence-corrected chi connectivity index (χ4v) is 2.46. The first kappa shape index (κ1) is 21.0. The van der Waals surface area contributed by atoms with E-state index in [0.29, 0.717) is 6.61 Å². The molecule has 0 N–H and O–H groups in total. The van der Waals surface area contributed by atoms with E-state index >= 15 is 0 Å². The summed E-state index contributed by atoms with van der Waals surface area (Å²) in [5.74, 6) is 1.86. The molecule has 5 nitrogen and oxygen atoms in total. The van der Waals surface area contributed by atoms with Gasteiger partial charge in [-0.05, 0) is 70.5 Å². The van der Waals surface area contributed by atoms with Gasteiger partial charge in [-0.3, -0.25) is 0 Å². The molecule has 1 aromatic carbocycles. The van der Waals surface area contributed by atoms with Crippen LogP contribution >= 0.6 is 0 Å². The molecule has 0 spiro atoms. The van der Waals surface area contributed by atoms with Crippen molar-refractivity contribution in [2.24, 2.45) is 5.16 Å². The summed E-state index contributed by atoms with van der Waals surface area (Å²) in [7, 11) is 3.63. The lowest BCUT2D eigenvalue weighted by Crippen LogP contribution is -2.22. The summed E-state index contributed by atoms with van der Waals surface area (Å²) in [4.78, 5) is 6.86. The summed E-state index contributed by atoms with van der Waals surface area (Å²) in [5.41, 5.74) is 2.23. The Bertz CT molecular complexity index is 533. The van der Waals surface area contributed by atoms with Crippen molar-refractivity contribution < 1.29 is 14.3 Å². The molecule has 0 aromatic heterocycles. The molecule has 1 rings (SSSR count). The van der Waals surface area contributed by atoms with Crippen LogP contribution in [0.15, 0.2) is 29.4 Å². The zero-order valence-electron chi connectivity index (χ0n) is 16.2. The van der Waals surface area contributed by atoms with Crippen molar-refractivity contribution in [2.75, 3.05) is 40.5 Å². The molecule has 5 heteroatoms. The second-order valence-corrected chi connectivity index (χ2v) is 6.05. The number of aryl methyl sites for hydroxylation is 2. The van der Waals surface area contributed by atoms with Crippen molar-refractivity contribution in [3.63, 3.8) is 0 Å². The van der Waals surface area contributed by atoms with Crippen LogP contribution in [0.25, 0.3) is 0 Å².